The number of rotatable bonds is 9. The van der Waals surface area contributed by atoms with Crippen molar-refractivity contribution in [3.05, 3.63) is 22.4 Å². The lowest BCUT2D eigenvalue weighted by atomic mass is 10.0. The van der Waals surface area contributed by atoms with Crippen LogP contribution in [-0.2, 0) is 11.2 Å². The van der Waals surface area contributed by atoms with Gasteiger partial charge in [0, 0.05) is 57.9 Å². The van der Waals surface area contributed by atoms with E-state index in [1.54, 1.807) is 7.11 Å². The Bertz CT molecular complexity index is 484. The van der Waals surface area contributed by atoms with E-state index >= 15 is 0 Å². The van der Waals surface area contributed by atoms with Crippen molar-refractivity contribution in [3.63, 3.8) is 0 Å². The second kappa shape index (κ2) is 11.5. The molecule has 0 bridgehead atoms. The molecule has 1 aromatic heterocycles. The second-order valence-electron chi connectivity index (χ2n) is 6.95. The molecule has 1 unspecified atom stereocenters. The maximum Gasteiger partial charge on any atom is 0.191 e. The van der Waals surface area contributed by atoms with Crippen LogP contribution in [0.3, 0.4) is 0 Å². The van der Waals surface area contributed by atoms with E-state index in [0.717, 1.165) is 51.6 Å². The van der Waals surface area contributed by atoms with Crippen LogP contribution < -0.4 is 10.6 Å². The molecule has 1 aliphatic rings. The Morgan fingerprint density at radius 2 is 2.24 bits per heavy atom. The fourth-order valence-corrected chi connectivity index (χ4v) is 4.11. The number of thiophene rings is 1. The van der Waals surface area contributed by atoms with E-state index in [4.69, 9.17) is 4.74 Å². The van der Waals surface area contributed by atoms with Crippen molar-refractivity contribution < 1.29 is 4.74 Å². The number of nitrogens with zero attached hydrogens (tertiary/aromatic N) is 2. The van der Waals surface area contributed by atoms with Gasteiger partial charge in [-0.2, -0.15) is 0 Å². The summed E-state index contributed by atoms with van der Waals surface area (Å²) in [5.74, 6) is 1.54. The second-order valence-corrected chi connectivity index (χ2v) is 7.98. The number of likely N-dealkylation sites (tertiary alicyclic amines) is 1. The molecule has 1 atom stereocenters. The van der Waals surface area contributed by atoms with Gasteiger partial charge in [0.15, 0.2) is 5.96 Å². The van der Waals surface area contributed by atoms with E-state index in [1.807, 2.05) is 18.4 Å². The molecule has 0 aromatic carbocycles. The molecule has 0 spiro atoms. The quantitative estimate of drug-likeness (QED) is 0.401. The first-order valence-corrected chi connectivity index (χ1v) is 10.3. The maximum atomic E-state index is 5.14. The summed E-state index contributed by atoms with van der Waals surface area (Å²) in [6, 6.07) is 4.87. The normalized spacial score (nSPS) is 18.3. The molecule has 2 heterocycles. The predicted octanol–water partition coefficient (Wildman–Crippen LogP) is 2.59. The van der Waals surface area contributed by atoms with Gasteiger partial charge in [0.1, 0.15) is 0 Å². The molecule has 1 saturated heterocycles. The molecule has 2 N–H and O–H groups in total. The zero-order valence-electron chi connectivity index (χ0n) is 16.0. The minimum absolute atomic E-state index is 0.525. The highest BCUT2D eigenvalue weighted by Crippen LogP contribution is 2.14. The number of ether oxygens (including phenoxy) is 1. The monoisotopic (exact) mass is 366 g/mol. The van der Waals surface area contributed by atoms with Crippen LogP contribution in [0.2, 0.25) is 0 Å². The van der Waals surface area contributed by atoms with Gasteiger partial charge in [0.25, 0.3) is 0 Å². The Balaban J connectivity index is 1.63. The van der Waals surface area contributed by atoms with Crippen molar-refractivity contribution in [2.75, 3.05) is 46.9 Å². The van der Waals surface area contributed by atoms with Crippen molar-refractivity contribution in [3.8, 4) is 0 Å². The first-order valence-electron chi connectivity index (χ1n) is 9.42. The van der Waals surface area contributed by atoms with Gasteiger partial charge in [-0.1, -0.05) is 13.0 Å². The lowest BCUT2D eigenvalue weighted by molar-refractivity contribution is 0.155. The highest BCUT2D eigenvalue weighted by molar-refractivity contribution is 7.09. The molecule has 1 aromatic rings. The lowest BCUT2D eigenvalue weighted by Gasteiger charge is -2.33. The SMILES string of the molecule is CN=C(NCC(C)Cc1cccs1)NC1CCN(CCCOC)CC1. The standard InChI is InChI=1S/C19H34N4OS/c1-16(14-18-6-4-13-25-18)15-21-19(20-2)22-17-7-10-23(11-8-17)9-5-12-24-3/h4,6,13,16-17H,5,7-12,14-15H2,1-3H3,(H2,20,21,22). The zero-order chi connectivity index (χ0) is 17.9. The van der Waals surface area contributed by atoms with Crippen molar-refractivity contribution in [1.82, 2.24) is 15.5 Å². The molecule has 1 aliphatic heterocycles. The molecule has 142 valence electrons. The molecule has 0 saturated carbocycles. The smallest absolute Gasteiger partial charge is 0.191 e. The average molecular weight is 367 g/mol. The number of nitrogens with one attached hydrogen (secondary N) is 2. The van der Waals surface area contributed by atoms with Crippen LogP contribution in [0.5, 0.6) is 0 Å². The van der Waals surface area contributed by atoms with Crippen molar-refractivity contribution in [2.45, 2.75) is 38.6 Å². The van der Waals surface area contributed by atoms with Gasteiger partial charge in [0.05, 0.1) is 0 Å². The fraction of sp³-hybridized carbons (Fsp3) is 0.737. The highest BCUT2D eigenvalue weighted by atomic mass is 32.1. The molecular weight excluding hydrogens is 332 g/mol. The summed E-state index contributed by atoms with van der Waals surface area (Å²) in [5, 5.41) is 9.24. The topological polar surface area (TPSA) is 48.9 Å². The molecule has 1 fully saturated rings. The summed E-state index contributed by atoms with van der Waals surface area (Å²) in [7, 11) is 3.63. The summed E-state index contributed by atoms with van der Waals surface area (Å²) in [6.07, 6.45) is 4.61. The first kappa shape index (κ1) is 20.2. The summed E-state index contributed by atoms with van der Waals surface area (Å²) < 4.78 is 5.14. The minimum atomic E-state index is 0.525. The first-order chi connectivity index (χ1) is 12.2. The van der Waals surface area contributed by atoms with Gasteiger partial charge in [-0.15, -0.1) is 11.3 Å². The summed E-state index contributed by atoms with van der Waals surface area (Å²) in [5.41, 5.74) is 0. The van der Waals surface area contributed by atoms with Gasteiger partial charge < -0.3 is 20.3 Å². The molecule has 2 rings (SSSR count). The van der Waals surface area contributed by atoms with Crippen LogP contribution in [0, 0.1) is 5.92 Å². The van der Waals surface area contributed by atoms with Crippen LogP contribution in [0.1, 0.15) is 31.1 Å². The van der Waals surface area contributed by atoms with Crippen LogP contribution in [-0.4, -0.2) is 63.8 Å². The van der Waals surface area contributed by atoms with E-state index in [1.165, 1.54) is 17.7 Å². The molecule has 5 nitrogen and oxygen atoms in total. The van der Waals surface area contributed by atoms with E-state index in [-0.39, 0.29) is 0 Å². The van der Waals surface area contributed by atoms with E-state index in [2.05, 4.69) is 45.0 Å². The molecule has 6 heteroatoms. The largest absolute Gasteiger partial charge is 0.385 e. The number of methoxy groups -OCH3 is 1. The third-order valence-electron chi connectivity index (χ3n) is 4.72. The van der Waals surface area contributed by atoms with Crippen LogP contribution in [0.4, 0.5) is 0 Å². The third-order valence-corrected chi connectivity index (χ3v) is 5.62. The van der Waals surface area contributed by atoms with Gasteiger partial charge in [-0.05, 0) is 43.0 Å². The van der Waals surface area contributed by atoms with Gasteiger partial charge >= 0.3 is 0 Å². The number of guanidine groups is 1. The van der Waals surface area contributed by atoms with Crippen LogP contribution in [0.25, 0.3) is 0 Å². The number of hydrogen-bond acceptors (Lipinski definition) is 4. The van der Waals surface area contributed by atoms with Gasteiger partial charge in [-0.3, -0.25) is 4.99 Å². The Morgan fingerprint density at radius 1 is 1.44 bits per heavy atom. The fourth-order valence-electron chi connectivity index (χ4n) is 3.24. The lowest BCUT2D eigenvalue weighted by Crippen LogP contribution is -2.49. The molecule has 0 amide bonds. The molecule has 25 heavy (non-hydrogen) atoms. The summed E-state index contributed by atoms with van der Waals surface area (Å²) >= 11 is 1.84. The van der Waals surface area contributed by atoms with Crippen molar-refractivity contribution in [1.29, 1.82) is 0 Å². The predicted molar refractivity (Wildman–Crippen MR) is 108 cm³/mol. The molecule has 0 aliphatic carbocycles. The zero-order valence-corrected chi connectivity index (χ0v) is 16.8. The highest BCUT2D eigenvalue weighted by Gasteiger charge is 2.19. The Labute approximate surface area is 156 Å². The third kappa shape index (κ3) is 7.75. The molecular formula is C19H34N4OS. The average Bonchev–Trinajstić information content (AvgIpc) is 3.13. The van der Waals surface area contributed by atoms with Gasteiger partial charge in [-0.25, -0.2) is 0 Å². The van der Waals surface area contributed by atoms with E-state index in [0.29, 0.717) is 12.0 Å². The Hall–Kier alpha value is -1.11. The van der Waals surface area contributed by atoms with Crippen molar-refractivity contribution in [2.24, 2.45) is 10.9 Å². The number of piperidine rings is 1. The summed E-state index contributed by atoms with van der Waals surface area (Å²) in [6.45, 7) is 7.57. The minimum Gasteiger partial charge on any atom is -0.385 e. The van der Waals surface area contributed by atoms with E-state index in [9.17, 15) is 0 Å². The van der Waals surface area contributed by atoms with Crippen LogP contribution in [0.15, 0.2) is 22.5 Å². The number of aliphatic imine (C=N–C) groups is 1. The van der Waals surface area contributed by atoms with Gasteiger partial charge in [0.2, 0.25) is 0 Å². The Morgan fingerprint density at radius 3 is 2.88 bits per heavy atom. The maximum absolute atomic E-state index is 5.14. The number of hydrogen-bond donors (Lipinski definition) is 2. The van der Waals surface area contributed by atoms with E-state index < -0.39 is 0 Å². The Kier molecular flexibility index (Phi) is 9.29. The van der Waals surface area contributed by atoms with Crippen LogP contribution >= 0.6 is 11.3 Å². The summed E-state index contributed by atoms with van der Waals surface area (Å²) in [4.78, 5) is 8.39. The van der Waals surface area contributed by atoms with Crippen molar-refractivity contribution >= 4 is 17.3 Å². The molecule has 0 radical (unpaired) electrons.